The smallest absolute Gasteiger partial charge is 0.322 e. The second kappa shape index (κ2) is 14.8. The normalized spacial score (nSPS) is 14.1. The Morgan fingerprint density at radius 1 is 0.914 bits per heavy atom. The highest BCUT2D eigenvalue weighted by molar-refractivity contribution is 7.98. The number of rotatable bonds is 14. The lowest BCUT2D eigenvalue weighted by Gasteiger charge is -2.24. The van der Waals surface area contributed by atoms with Crippen LogP contribution in [0.1, 0.15) is 25.8 Å². The standard InChI is InChI=1S/C22H33N5O7S/c1-12(23)19(31)27-17(10-14-4-6-15(28)7-5-14)22(34)25-13(2)20(32)26-16(8-9-35-3)21(33)24-11-18(29)30/h4-7,12-13,16-17,28H,8-11,23H2,1-3H3,(H,24,33)(H,25,34)(H,26,32)(H,27,31)(H,29,30)/t12-,13-,16-,17-/m0/s1. The Balaban J connectivity index is 2.88. The van der Waals surface area contributed by atoms with E-state index in [2.05, 4.69) is 21.3 Å². The van der Waals surface area contributed by atoms with Crippen molar-refractivity contribution < 1.29 is 34.2 Å². The molecule has 0 heterocycles. The molecule has 0 aliphatic heterocycles. The van der Waals surface area contributed by atoms with Crippen molar-refractivity contribution in [2.24, 2.45) is 5.73 Å². The number of benzene rings is 1. The molecule has 0 unspecified atom stereocenters. The molecule has 12 nitrogen and oxygen atoms in total. The number of nitrogens with one attached hydrogen (secondary N) is 4. The lowest BCUT2D eigenvalue weighted by molar-refractivity contribution is -0.138. The molecule has 1 rings (SSSR count). The van der Waals surface area contributed by atoms with Gasteiger partial charge < -0.3 is 37.2 Å². The van der Waals surface area contributed by atoms with Gasteiger partial charge in [-0.1, -0.05) is 12.1 Å². The van der Waals surface area contributed by atoms with Crippen molar-refractivity contribution in [2.45, 2.75) is 50.9 Å². The first-order valence-corrected chi connectivity index (χ1v) is 12.3. The summed E-state index contributed by atoms with van der Waals surface area (Å²) in [7, 11) is 0. The summed E-state index contributed by atoms with van der Waals surface area (Å²) < 4.78 is 0. The van der Waals surface area contributed by atoms with Crippen LogP contribution >= 0.6 is 11.8 Å². The van der Waals surface area contributed by atoms with Gasteiger partial charge in [0.25, 0.3) is 0 Å². The monoisotopic (exact) mass is 511 g/mol. The summed E-state index contributed by atoms with van der Waals surface area (Å²) in [6.45, 7) is 2.29. The van der Waals surface area contributed by atoms with E-state index < -0.39 is 60.3 Å². The maximum absolute atomic E-state index is 12.9. The van der Waals surface area contributed by atoms with Crippen LogP contribution in [0.25, 0.3) is 0 Å². The van der Waals surface area contributed by atoms with E-state index in [0.29, 0.717) is 11.3 Å². The Morgan fingerprint density at radius 2 is 1.51 bits per heavy atom. The highest BCUT2D eigenvalue weighted by atomic mass is 32.2. The maximum atomic E-state index is 12.9. The molecule has 35 heavy (non-hydrogen) atoms. The summed E-state index contributed by atoms with van der Waals surface area (Å²) in [6, 6.07) is 2.09. The summed E-state index contributed by atoms with van der Waals surface area (Å²) in [6.07, 6.45) is 2.15. The number of phenolic OH excluding ortho intramolecular Hbond substituents is 1. The van der Waals surface area contributed by atoms with Crippen LogP contribution in [-0.2, 0) is 30.4 Å². The topological polar surface area (TPSA) is 200 Å². The summed E-state index contributed by atoms with van der Waals surface area (Å²) >= 11 is 1.45. The minimum atomic E-state index is -1.22. The number of phenols is 1. The third kappa shape index (κ3) is 11.1. The van der Waals surface area contributed by atoms with Gasteiger partial charge in [-0.15, -0.1) is 0 Å². The first-order chi connectivity index (χ1) is 16.4. The molecule has 4 amide bonds. The zero-order valence-electron chi connectivity index (χ0n) is 19.9. The van der Waals surface area contributed by atoms with E-state index in [9.17, 15) is 29.1 Å². The molecule has 0 fully saturated rings. The van der Waals surface area contributed by atoms with E-state index in [-0.39, 0.29) is 18.6 Å². The molecule has 0 bridgehead atoms. The van der Waals surface area contributed by atoms with Gasteiger partial charge in [-0.2, -0.15) is 11.8 Å². The summed E-state index contributed by atoms with van der Waals surface area (Å²) in [5.74, 6) is -3.16. The van der Waals surface area contributed by atoms with E-state index in [4.69, 9.17) is 10.8 Å². The lowest BCUT2D eigenvalue weighted by Crippen LogP contribution is -2.57. The van der Waals surface area contributed by atoms with Gasteiger partial charge in [0, 0.05) is 6.42 Å². The van der Waals surface area contributed by atoms with Crippen molar-refractivity contribution in [2.75, 3.05) is 18.6 Å². The number of amides is 4. The van der Waals surface area contributed by atoms with Crippen molar-refractivity contribution >= 4 is 41.4 Å². The van der Waals surface area contributed by atoms with Crippen LogP contribution in [0, 0.1) is 0 Å². The van der Waals surface area contributed by atoms with Crippen LogP contribution in [0.5, 0.6) is 5.75 Å². The number of hydrogen-bond acceptors (Lipinski definition) is 8. The number of carboxylic acids is 1. The highest BCUT2D eigenvalue weighted by Gasteiger charge is 2.28. The molecular weight excluding hydrogens is 478 g/mol. The molecule has 0 saturated carbocycles. The third-order valence-corrected chi connectivity index (χ3v) is 5.48. The van der Waals surface area contributed by atoms with Crippen molar-refractivity contribution in [1.29, 1.82) is 0 Å². The number of nitrogens with two attached hydrogens (primary N) is 1. The van der Waals surface area contributed by atoms with E-state index in [1.807, 2.05) is 6.26 Å². The molecule has 0 spiro atoms. The Morgan fingerprint density at radius 3 is 2.06 bits per heavy atom. The van der Waals surface area contributed by atoms with Crippen molar-refractivity contribution in [3.63, 3.8) is 0 Å². The maximum Gasteiger partial charge on any atom is 0.322 e. The average molecular weight is 512 g/mol. The molecular formula is C22H33N5O7S. The Labute approximate surface area is 207 Å². The Bertz CT molecular complexity index is 895. The van der Waals surface area contributed by atoms with Gasteiger partial charge in [-0.25, -0.2) is 0 Å². The second-order valence-electron chi connectivity index (χ2n) is 7.90. The van der Waals surface area contributed by atoms with E-state index >= 15 is 0 Å². The molecule has 0 aliphatic carbocycles. The van der Waals surface area contributed by atoms with Gasteiger partial charge >= 0.3 is 5.97 Å². The van der Waals surface area contributed by atoms with Crippen LogP contribution in [0.4, 0.5) is 0 Å². The molecule has 0 aromatic heterocycles. The molecule has 8 N–H and O–H groups in total. The zero-order valence-corrected chi connectivity index (χ0v) is 20.7. The lowest BCUT2D eigenvalue weighted by atomic mass is 10.0. The Kier molecular flexibility index (Phi) is 12.6. The second-order valence-corrected chi connectivity index (χ2v) is 8.89. The molecule has 4 atom stereocenters. The minimum Gasteiger partial charge on any atom is -0.508 e. The fourth-order valence-corrected chi connectivity index (χ4v) is 3.32. The SMILES string of the molecule is CSCC[C@H](NC(=O)[C@H](C)NC(=O)[C@H](Cc1ccc(O)cc1)NC(=O)[C@H](C)N)C(=O)NCC(=O)O. The number of aliphatic carboxylic acids is 1. The van der Waals surface area contributed by atoms with E-state index in [1.54, 1.807) is 12.1 Å². The Hall–Kier alpha value is -3.32. The molecule has 0 aliphatic rings. The molecule has 1 aromatic carbocycles. The van der Waals surface area contributed by atoms with Crippen molar-refractivity contribution in [1.82, 2.24) is 21.3 Å². The largest absolute Gasteiger partial charge is 0.508 e. The van der Waals surface area contributed by atoms with Crippen molar-refractivity contribution in [3.8, 4) is 5.75 Å². The van der Waals surface area contributed by atoms with Gasteiger partial charge in [0.2, 0.25) is 23.6 Å². The van der Waals surface area contributed by atoms with E-state index in [0.717, 1.165) is 0 Å². The van der Waals surface area contributed by atoms with Crippen LogP contribution in [-0.4, -0.2) is 82.5 Å². The van der Waals surface area contributed by atoms with Crippen LogP contribution in [0.2, 0.25) is 0 Å². The molecule has 1 aromatic rings. The first kappa shape index (κ1) is 29.7. The number of carboxylic acid groups (broad SMARTS) is 1. The number of aromatic hydroxyl groups is 1. The number of carbonyl (C=O) groups is 5. The molecule has 0 saturated heterocycles. The first-order valence-electron chi connectivity index (χ1n) is 10.9. The highest BCUT2D eigenvalue weighted by Crippen LogP contribution is 2.12. The fraction of sp³-hybridized carbons (Fsp3) is 0.500. The third-order valence-electron chi connectivity index (χ3n) is 4.83. The number of hydrogen-bond donors (Lipinski definition) is 7. The van der Waals surface area contributed by atoms with Crippen LogP contribution < -0.4 is 27.0 Å². The molecule has 13 heteroatoms. The van der Waals surface area contributed by atoms with Gasteiger partial charge in [0.1, 0.15) is 30.4 Å². The zero-order chi connectivity index (χ0) is 26.5. The van der Waals surface area contributed by atoms with Gasteiger partial charge in [-0.3, -0.25) is 24.0 Å². The van der Waals surface area contributed by atoms with Crippen molar-refractivity contribution in [3.05, 3.63) is 29.8 Å². The average Bonchev–Trinajstić information content (AvgIpc) is 2.80. The summed E-state index contributed by atoms with van der Waals surface area (Å²) in [5.41, 5.74) is 6.25. The number of thioether (sulfide) groups is 1. The fourth-order valence-electron chi connectivity index (χ4n) is 2.85. The van der Waals surface area contributed by atoms with Gasteiger partial charge in [-0.05, 0) is 50.0 Å². The van der Waals surface area contributed by atoms with Crippen LogP contribution in [0.3, 0.4) is 0 Å². The predicted molar refractivity (Wildman–Crippen MR) is 131 cm³/mol. The van der Waals surface area contributed by atoms with Gasteiger partial charge in [0.15, 0.2) is 0 Å². The molecule has 194 valence electrons. The quantitative estimate of drug-likeness (QED) is 0.159. The minimum absolute atomic E-state index is 0.0445. The predicted octanol–water partition coefficient (Wildman–Crippen LogP) is -1.29. The summed E-state index contributed by atoms with van der Waals surface area (Å²) in [5, 5.41) is 28.0. The molecule has 0 radical (unpaired) electrons. The van der Waals surface area contributed by atoms with Gasteiger partial charge in [0.05, 0.1) is 6.04 Å². The summed E-state index contributed by atoms with van der Waals surface area (Å²) in [4.78, 5) is 60.7. The van der Waals surface area contributed by atoms with E-state index in [1.165, 1.54) is 37.7 Å². The van der Waals surface area contributed by atoms with Crippen LogP contribution in [0.15, 0.2) is 24.3 Å². The number of carbonyl (C=O) groups excluding carboxylic acids is 4.